The number of amides is 1. The molecular formula is C16H25N3O. The van der Waals surface area contributed by atoms with E-state index in [1.165, 1.54) is 16.8 Å². The molecule has 1 N–H and O–H groups in total. The average molecular weight is 275 g/mol. The first-order valence-corrected chi connectivity index (χ1v) is 7.28. The number of carbonyl (C=O) groups is 1. The van der Waals surface area contributed by atoms with Crippen molar-refractivity contribution < 1.29 is 4.79 Å². The molecule has 4 nitrogen and oxygen atoms in total. The van der Waals surface area contributed by atoms with Gasteiger partial charge in [0.1, 0.15) is 0 Å². The van der Waals surface area contributed by atoms with Gasteiger partial charge in [0.15, 0.2) is 0 Å². The van der Waals surface area contributed by atoms with Gasteiger partial charge in [0.2, 0.25) is 5.91 Å². The van der Waals surface area contributed by atoms with Crippen LogP contribution in [0.2, 0.25) is 0 Å². The van der Waals surface area contributed by atoms with Gasteiger partial charge in [0.05, 0.1) is 0 Å². The van der Waals surface area contributed by atoms with E-state index in [-0.39, 0.29) is 5.91 Å². The van der Waals surface area contributed by atoms with Crippen LogP contribution in [0.1, 0.15) is 30.5 Å². The number of hydrogen-bond donors (Lipinski definition) is 1. The lowest BCUT2D eigenvalue weighted by molar-refractivity contribution is -0.128. The Kier molecular flexibility index (Phi) is 4.65. The summed E-state index contributed by atoms with van der Waals surface area (Å²) in [4.78, 5) is 15.7. The molecule has 1 aromatic carbocycles. The maximum atomic E-state index is 11.7. The third-order valence-corrected chi connectivity index (χ3v) is 4.12. The summed E-state index contributed by atoms with van der Waals surface area (Å²) in [6, 6.07) is 7.06. The van der Waals surface area contributed by atoms with Gasteiger partial charge in [-0.3, -0.25) is 4.79 Å². The summed E-state index contributed by atoms with van der Waals surface area (Å²) in [6.07, 6.45) is 1.66. The van der Waals surface area contributed by atoms with E-state index in [1.54, 1.807) is 4.90 Å². The van der Waals surface area contributed by atoms with Gasteiger partial charge in [-0.1, -0.05) is 12.1 Å². The molecule has 0 saturated carbocycles. The molecule has 1 amide bonds. The number of rotatable bonds is 5. The molecule has 1 heterocycles. The third kappa shape index (κ3) is 3.12. The monoisotopic (exact) mass is 275 g/mol. The molecule has 0 spiro atoms. The van der Waals surface area contributed by atoms with Crippen molar-refractivity contribution in [3.8, 4) is 0 Å². The van der Waals surface area contributed by atoms with Crippen molar-refractivity contribution >= 4 is 11.6 Å². The van der Waals surface area contributed by atoms with E-state index in [0.29, 0.717) is 12.5 Å². The Bertz CT molecular complexity index is 485. The molecule has 0 radical (unpaired) electrons. The molecule has 0 aromatic heterocycles. The van der Waals surface area contributed by atoms with E-state index in [0.717, 1.165) is 19.5 Å². The van der Waals surface area contributed by atoms with E-state index in [4.69, 9.17) is 0 Å². The zero-order chi connectivity index (χ0) is 14.7. The molecule has 1 aliphatic rings. The molecule has 1 aliphatic heterocycles. The second kappa shape index (κ2) is 6.27. The van der Waals surface area contributed by atoms with E-state index in [9.17, 15) is 4.79 Å². The molecule has 0 saturated heterocycles. The normalized spacial score (nSPS) is 15.1. The highest BCUT2D eigenvalue weighted by Crippen LogP contribution is 2.30. The fraction of sp³-hybridized carbons (Fsp3) is 0.562. The van der Waals surface area contributed by atoms with Crippen LogP contribution in [0, 0.1) is 0 Å². The fourth-order valence-corrected chi connectivity index (χ4v) is 2.61. The van der Waals surface area contributed by atoms with Gasteiger partial charge >= 0.3 is 0 Å². The maximum Gasteiger partial charge on any atom is 0.223 e. The van der Waals surface area contributed by atoms with Crippen molar-refractivity contribution in [2.75, 3.05) is 39.1 Å². The first kappa shape index (κ1) is 14.9. The number of nitrogens with zero attached hydrogens (tertiary/aromatic N) is 2. The standard InChI is InChI=1S/C16H25N3O/c1-12(17-2)13-5-6-15-14(11-13)7-9-19(15)10-8-16(20)18(3)4/h5-6,11-12,17H,7-10H2,1-4H3. The molecule has 0 bridgehead atoms. The highest BCUT2D eigenvalue weighted by molar-refractivity contribution is 5.76. The van der Waals surface area contributed by atoms with Crippen molar-refractivity contribution in [3.05, 3.63) is 29.3 Å². The molecule has 1 unspecified atom stereocenters. The van der Waals surface area contributed by atoms with Gasteiger partial charge in [-0.2, -0.15) is 0 Å². The molecule has 0 aliphatic carbocycles. The molecule has 110 valence electrons. The van der Waals surface area contributed by atoms with Crippen LogP contribution in [0.25, 0.3) is 0 Å². The summed E-state index contributed by atoms with van der Waals surface area (Å²) in [5.74, 6) is 0.193. The Labute approximate surface area is 121 Å². The fourth-order valence-electron chi connectivity index (χ4n) is 2.61. The van der Waals surface area contributed by atoms with Crippen molar-refractivity contribution in [2.24, 2.45) is 0 Å². The first-order valence-electron chi connectivity index (χ1n) is 7.28. The smallest absolute Gasteiger partial charge is 0.223 e. The van der Waals surface area contributed by atoms with Crippen molar-refractivity contribution in [1.29, 1.82) is 0 Å². The minimum Gasteiger partial charge on any atom is -0.370 e. The van der Waals surface area contributed by atoms with Gasteiger partial charge < -0.3 is 15.1 Å². The summed E-state index contributed by atoms with van der Waals surface area (Å²) >= 11 is 0. The van der Waals surface area contributed by atoms with Gasteiger partial charge in [0, 0.05) is 45.3 Å². The highest BCUT2D eigenvalue weighted by Gasteiger charge is 2.20. The molecule has 1 aromatic rings. The number of hydrogen-bond acceptors (Lipinski definition) is 3. The van der Waals surface area contributed by atoms with Gasteiger partial charge in [-0.25, -0.2) is 0 Å². The minimum absolute atomic E-state index is 0.193. The Morgan fingerprint density at radius 1 is 1.45 bits per heavy atom. The number of benzene rings is 1. The summed E-state index contributed by atoms with van der Waals surface area (Å²) in [5.41, 5.74) is 4.03. The summed E-state index contributed by atoms with van der Waals surface area (Å²) in [5, 5.41) is 3.27. The largest absolute Gasteiger partial charge is 0.370 e. The molecular weight excluding hydrogens is 250 g/mol. The average Bonchev–Trinajstić information content (AvgIpc) is 2.85. The Hall–Kier alpha value is -1.55. The van der Waals surface area contributed by atoms with Crippen LogP contribution in [0.3, 0.4) is 0 Å². The Morgan fingerprint density at radius 2 is 2.20 bits per heavy atom. The second-order valence-corrected chi connectivity index (χ2v) is 5.67. The topological polar surface area (TPSA) is 35.6 Å². The van der Waals surface area contributed by atoms with E-state index < -0.39 is 0 Å². The maximum absolute atomic E-state index is 11.7. The van der Waals surface area contributed by atoms with Crippen LogP contribution < -0.4 is 10.2 Å². The lowest BCUT2D eigenvalue weighted by atomic mass is 10.0. The van der Waals surface area contributed by atoms with Crippen molar-refractivity contribution in [1.82, 2.24) is 10.2 Å². The van der Waals surface area contributed by atoms with Crippen LogP contribution in [-0.2, 0) is 11.2 Å². The Morgan fingerprint density at radius 3 is 2.85 bits per heavy atom. The second-order valence-electron chi connectivity index (χ2n) is 5.67. The highest BCUT2D eigenvalue weighted by atomic mass is 16.2. The zero-order valence-corrected chi connectivity index (χ0v) is 12.9. The summed E-state index contributed by atoms with van der Waals surface area (Å²) in [7, 11) is 5.61. The predicted molar refractivity (Wildman–Crippen MR) is 83.1 cm³/mol. The van der Waals surface area contributed by atoms with Crippen LogP contribution in [0.4, 0.5) is 5.69 Å². The van der Waals surface area contributed by atoms with Gasteiger partial charge in [0.25, 0.3) is 0 Å². The molecule has 0 fully saturated rings. The van der Waals surface area contributed by atoms with Crippen LogP contribution in [0.15, 0.2) is 18.2 Å². The SMILES string of the molecule is CNC(C)c1ccc2c(c1)CCN2CCC(=O)N(C)C. The molecule has 1 atom stereocenters. The molecule has 2 rings (SSSR count). The number of anilines is 1. The summed E-state index contributed by atoms with van der Waals surface area (Å²) in [6.45, 7) is 4.00. The Balaban J connectivity index is 2.04. The zero-order valence-electron chi connectivity index (χ0n) is 12.9. The molecule has 20 heavy (non-hydrogen) atoms. The third-order valence-electron chi connectivity index (χ3n) is 4.12. The van der Waals surface area contributed by atoms with Crippen LogP contribution >= 0.6 is 0 Å². The lowest BCUT2D eigenvalue weighted by Gasteiger charge is -2.21. The predicted octanol–water partition coefficient (Wildman–Crippen LogP) is 1.81. The summed E-state index contributed by atoms with van der Waals surface area (Å²) < 4.78 is 0. The van der Waals surface area contributed by atoms with E-state index in [2.05, 4.69) is 35.3 Å². The van der Waals surface area contributed by atoms with Crippen LogP contribution in [0.5, 0.6) is 0 Å². The van der Waals surface area contributed by atoms with Crippen LogP contribution in [-0.4, -0.2) is 45.0 Å². The minimum atomic E-state index is 0.193. The lowest BCUT2D eigenvalue weighted by Crippen LogP contribution is -2.29. The van der Waals surface area contributed by atoms with E-state index in [1.807, 2.05) is 21.1 Å². The molecule has 4 heteroatoms. The quantitative estimate of drug-likeness (QED) is 0.890. The number of carbonyl (C=O) groups excluding carboxylic acids is 1. The van der Waals surface area contributed by atoms with Gasteiger partial charge in [-0.15, -0.1) is 0 Å². The van der Waals surface area contributed by atoms with Crippen molar-refractivity contribution in [3.63, 3.8) is 0 Å². The van der Waals surface area contributed by atoms with Crippen molar-refractivity contribution in [2.45, 2.75) is 25.8 Å². The first-order chi connectivity index (χ1) is 9.52. The van der Waals surface area contributed by atoms with E-state index >= 15 is 0 Å². The number of nitrogens with one attached hydrogen (secondary N) is 1. The van der Waals surface area contributed by atoms with Gasteiger partial charge in [-0.05, 0) is 37.6 Å². The number of fused-ring (bicyclic) bond motifs is 1.